The SMILES string of the molecule is CCCS(=O)c1cc(OC(C)C)cc2c(=O)c3cc(C(=O)O)ccc3oc12. The molecule has 27 heavy (non-hydrogen) atoms. The summed E-state index contributed by atoms with van der Waals surface area (Å²) in [6.45, 7) is 5.64. The second-order valence-electron chi connectivity index (χ2n) is 6.46. The van der Waals surface area contributed by atoms with Gasteiger partial charge in [-0.2, -0.15) is 0 Å². The van der Waals surface area contributed by atoms with Crippen LogP contribution in [0.3, 0.4) is 0 Å². The fourth-order valence-corrected chi connectivity index (χ4v) is 4.04. The average Bonchev–Trinajstić information content (AvgIpc) is 2.61. The Morgan fingerprint density at radius 3 is 2.59 bits per heavy atom. The maximum atomic E-state index is 13.0. The molecule has 1 atom stereocenters. The Kier molecular flexibility index (Phi) is 5.32. The van der Waals surface area contributed by atoms with Gasteiger partial charge in [-0.05, 0) is 44.5 Å². The Hall–Kier alpha value is -2.67. The molecule has 2 aromatic carbocycles. The van der Waals surface area contributed by atoms with Crippen molar-refractivity contribution in [3.05, 3.63) is 46.1 Å². The van der Waals surface area contributed by atoms with Crippen molar-refractivity contribution in [3.8, 4) is 5.75 Å². The van der Waals surface area contributed by atoms with Crippen molar-refractivity contribution in [3.63, 3.8) is 0 Å². The van der Waals surface area contributed by atoms with Crippen molar-refractivity contribution >= 4 is 38.7 Å². The second kappa shape index (κ2) is 7.52. The van der Waals surface area contributed by atoms with Gasteiger partial charge < -0.3 is 14.3 Å². The molecule has 0 bridgehead atoms. The van der Waals surface area contributed by atoms with Crippen LogP contribution >= 0.6 is 0 Å². The van der Waals surface area contributed by atoms with Crippen LogP contribution in [0.5, 0.6) is 5.75 Å². The molecule has 1 unspecified atom stereocenters. The van der Waals surface area contributed by atoms with E-state index in [2.05, 4.69) is 0 Å². The summed E-state index contributed by atoms with van der Waals surface area (Å²) in [7, 11) is -1.35. The molecule has 0 aliphatic heterocycles. The Labute approximate surface area is 158 Å². The van der Waals surface area contributed by atoms with Gasteiger partial charge in [0.15, 0.2) is 5.58 Å². The van der Waals surface area contributed by atoms with E-state index in [0.29, 0.717) is 22.8 Å². The zero-order chi connectivity index (χ0) is 19.7. The van der Waals surface area contributed by atoms with Crippen LogP contribution in [0.2, 0.25) is 0 Å². The summed E-state index contributed by atoms with van der Waals surface area (Å²) in [5.41, 5.74) is 0.125. The van der Waals surface area contributed by atoms with Gasteiger partial charge in [0.1, 0.15) is 11.3 Å². The van der Waals surface area contributed by atoms with Crippen LogP contribution in [-0.2, 0) is 10.8 Å². The predicted octanol–water partition coefficient (Wildman–Crippen LogP) is 3.95. The maximum Gasteiger partial charge on any atom is 0.335 e. The molecule has 3 aromatic rings. The lowest BCUT2D eigenvalue weighted by Gasteiger charge is -2.13. The molecule has 3 rings (SSSR count). The van der Waals surface area contributed by atoms with Gasteiger partial charge in [0.2, 0.25) is 5.43 Å². The molecule has 0 amide bonds. The molecule has 0 saturated carbocycles. The lowest BCUT2D eigenvalue weighted by Crippen LogP contribution is -2.10. The van der Waals surface area contributed by atoms with Gasteiger partial charge >= 0.3 is 5.97 Å². The van der Waals surface area contributed by atoms with E-state index in [-0.39, 0.29) is 39.0 Å². The number of hydrogen-bond donors (Lipinski definition) is 1. The zero-order valence-electron chi connectivity index (χ0n) is 15.3. The summed E-state index contributed by atoms with van der Waals surface area (Å²) in [5, 5.41) is 9.56. The van der Waals surface area contributed by atoms with E-state index in [1.54, 1.807) is 12.1 Å². The minimum Gasteiger partial charge on any atom is -0.491 e. The van der Waals surface area contributed by atoms with Gasteiger partial charge in [-0.25, -0.2) is 4.79 Å². The molecule has 0 radical (unpaired) electrons. The first kappa shape index (κ1) is 19.1. The summed E-state index contributed by atoms with van der Waals surface area (Å²) in [4.78, 5) is 24.7. The second-order valence-corrected chi connectivity index (χ2v) is 8.00. The molecule has 7 heteroatoms. The van der Waals surface area contributed by atoms with E-state index in [9.17, 15) is 18.9 Å². The molecule has 6 nitrogen and oxygen atoms in total. The number of fused-ring (bicyclic) bond motifs is 2. The number of hydrogen-bond acceptors (Lipinski definition) is 5. The molecule has 1 N–H and O–H groups in total. The van der Waals surface area contributed by atoms with E-state index in [1.807, 2.05) is 20.8 Å². The van der Waals surface area contributed by atoms with Gasteiger partial charge in [-0.15, -0.1) is 0 Å². The first-order valence-electron chi connectivity index (χ1n) is 8.64. The summed E-state index contributed by atoms with van der Waals surface area (Å²) in [6, 6.07) is 7.32. The zero-order valence-corrected chi connectivity index (χ0v) is 16.1. The fourth-order valence-electron chi connectivity index (χ4n) is 2.84. The Morgan fingerprint density at radius 1 is 1.22 bits per heavy atom. The normalized spacial score (nSPS) is 12.6. The molecular weight excluding hydrogens is 368 g/mol. The predicted molar refractivity (Wildman–Crippen MR) is 104 cm³/mol. The van der Waals surface area contributed by atoms with E-state index in [4.69, 9.17) is 9.15 Å². The Balaban J connectivity index is 2.37. The molecule has 0 fully saturated rings. The highest BCUT2D eigenvalue weighted by molar-refractivity contribution is 7.85. The average molecular weight is 388 g/mol. The third-order valence-electron chi connectivity index (χ3n) is 3.96. The number of carboxylic acid groups (broad SMARTS) is 1. The van der Waals surface area contributed by atoms with E-state index >= 15 is 0 Å². The molecule has 0 aliphatic carbocycles. The van der Waals surface area contributed by atoms with Crippen molar-refractivity contribution in [1.29, 1.82) is 0 Å². The van der Waals surface area contributed by atoms with Crippen LogP contribution in [0.15, 0.2) is 44.4 Å². The number of rotatable bonds is 6. The van der Waals surface area contributed by atoms with Crippen LogP contribution in [0, 0.1) is 0 Å². The third kappa shape index (κ3) is 3.73. The van der Waals surface area contributed by atoms with Gasteiger partial charge in [-0.3, -0.25) is 9.00 Å². The van der Waals surface area contributed by atoms with Crippen molar-refractivity contribution in [2.75, 3.05) is 5.75 Å². The van der Waals surface area contributed by atoms with Crippen LogP contribution in [0.1, 0.15) is 37.6 Å². The van der Waals surface area contributed by atoms with Crippen LogP contribution < -0.4 is 10.2 Å². The first-order chi connectivity index (χ1) is 12.8. The summed E-state index contributed by atoms with van der Waals surface area (Å²) < 4.78 is 24.3. The molecule has 142 valence electrons. The Morgan fingerprint density at radius 2 is 1.96 bits per heavy atom. The summed E-state index contributed by atoms with van der Waals surface area (Å²) in [5.74, 6) is -0.268. The van der Waals surface area contributed by atoms with Crippen LogP contribution in [0.25, 0.3) is 21.9 Å². The molecule has 0 saturated heterocycles. The van der Waals surface area contributed by atoms with E-state index < -0.39 is 16.8 Å². The first-order valence-corrected chi connectivity index (χ1v) is 9.96. The van der Waals surface area contributed by atoms with Crippen molar-refractivity contribution in [1.82, 2.24) is 0 Å². The van der Waals surface area contributed by atoms with Crippen molar-refractivity contribution in [2.24, 2.45) is 0 Å². The fraction of sp³-hybridized carbons (Fsp3) is 0.300. The highest BCUT2D eigenvalue weighted by Gasteiger charge is 2.18. The summed E-state index contributed by atoms with van der Waals surface area (Å²) in [6.07, 6.45) is 0.587. The van der Waals surface area contributed by atoms with Crippen LogP contribution in [0.4, 0.5) is 0 Å². The third-order valence-corrected chi connectivity index (χ3v) is 5.54. The van der Waals surface area contributed by atoms with Crippen LogP contribution in [-0.4, -0.2) is 27.1 Å². The lowest BCUT2D eigenvalue weighted by atomic mass is 10.1. The summed E-state index contributed by atoms with van der Waals surface area (Å²) >= 11 is 0. The highest BCUT2D eigenvalue weighted by Crippen LogP contribution is 2.30. The molecular formula is C20H20O6S. The minimum atomic E-state index is -1.35. The van der Waals surface area contributed by atoms with Gasteiger partial charge in [0, 0.05) is 11.8 Å². The Bertz CT molecular complexity index is 1110. The number of aromatic carboxylic acids is 1. The van der Waals surface area contributed by atoms with Gasteiger partial charge in [0.05, 0.1) is 38.1 Å². The number of carboxylic acids is 1. The standard InChI is InChI=1S/C20H20O6S/c1-4-7-27(24)17-10-13(25-11(2)3)9-15-18(21)14-8-12(20(22)23)5-6-16(14)26-19(15)17/h5-6,8-11H,4,7H2,1-3H3,(H,22,23). The highest BCUT2D eigenvalue weighted by atomic mass is 32.2. The quantitative estimate of drug-likeness (QED) is 0.643. The largest absolute Gasteiger partial charge is 0.491 e. The molecule has 1 aromatic heterocycles. The maximum absolute atomic E-state index is 13.0. The molecule has 0 spiro atoms. The molecule has 1 heterocycles. The van der Waals surface area contributed by atoms with E-state index in [1.165, 1.54) is 18.2 Å². The monoisotopic (exact) mass is 388 g/mol. The van der Waals surface area contributed by atoms with Gasteiger partial charge in [-0.1, -0.05) is 6.92 Å². The number of ether oxygens (including phenoxy) is 1. The minimum absolute atomic E-state index is 0.00137. The number of carbonyl (C=O) groups is 1. The van der Waals surface area contributed by atoms with Crippen molar-refractivity contribution < 1.29 is 23.3 Å². The van der Waals surface area contributed by atoms with Crippen molar-refractivity contribution in [2.45, 2.75) is 38.2 Å². The smallest absolute Gasteiger partial charge is 0.335 e. The topological polar surface area (TPSA) is 93.8 Å². The van der Waals surface area contributed by atoms with E-state index in [0.717, 1.165) is 0 Å². The lowest BCUT2D eigenvalue weighted by molar-refractivity contribution is 0.0697. The number of benzene rings is 2. The van der Waals surface area contributed by atoms with Gasteiger partial charge in [0.25, 0.3) is 0 Å². The molecule has 0 aliphatic rings.